The molecule has 1 atom stereocenters. The predicted molar refractivity (Wildman–Crippen MR) is 81.3 cm³/mol. The van der Waals surface area contributed by atoms with Gasteiger partial charge in [-0.05, 0) is 24.7 Å². The maximum Gasteiger partial charge on any atom is 0.325 e. The number of carbonyl (C=O) groups is 2. The van der Waals surface area contributed by atoms with E-state index in [1.54, 1.807) is 13.0 Å². The molecule has 4 heteroatoms. The van der Waals surface area contributed by atoms with Gasteiger partial charge in [0.1, 0.15) is 6.54 Å². The lowest BCUT2D eigenvalue weighted by Crippen LogP contribution is -2.37. The van der Waals surface area contributed by atoms with Gasteiger partial charge in [-0.1, -0.05) is 33.8 Å². The molecular weight excluding hydrogens is 254 g/mol. The molecule has 4 nitrogen and oxygen atoms in total. The van der Waals surface area contributed by atoms with Crippen LogP contribution in [0.1, 0.15) is 47.5 Å². The molecule has 0 aromatic rings. The van der Waals surface area contributed by atoms with Crippen molar-refractivity contribution in [3.8, 4) is 0 Å². The summed E-state index contributed by atoms with van der Waals surface area (Å²) in [6.45, 7) is 14.6. The maximum atomic E-state index is 12.2. The van der Waals surface area contributed by atoms with Crippen LogP contribution in [0.15, 0.2) is 12.7 Å². The normalized spacial score (nSPS) is 12.7. The summed E-state index contributed by atoms with van der Waals surface area (Å²) in [4.78, 5) is 25.2. The number of hydrogen-bond acceptors (Lipinski definition) is 3. The maximum absolute atomic E-state index is 12.2. The van der Waals surface area contributed by atoms with E-state index < -0.39 is 0 Å². The van der Waals surface area contributed by atoms with Gasteiger partial charge in [0, 0.05) is 13.0 Å². The molecule has 0 bridgehead atoms. The first-order chi connectivity index (χ1) is 9.19. The Kier molecular flexibility index (Phi) is 8.19. The molecule has 0 radical (unpaired) electrons. The number of rotatable bonds is 8. The minimum absolute atomic E-state index is 0.000924. The van der Waals surface area contributed by atoms with E-state index in [0.29, 0.717) is 19.6 Å². The highest BCUT2D eigenvalue weighted by Crippen LogP contribution is 2.26. The highest BCUT2D eigenvalue weighted by molar-refractivity contribution is 5.82. The third-order valence-corrected chi connectivity index (χ3v) is 2.81. The number of hydrogen-bond donors (Lipinski definition) is 0. The summed E-state index contributed by atoms with van der Waals surface area (Å²) in [7, 11) is 0. The van der Waals surface area contributed by atoms with Crippen molar-refractivity contribution in [2.45, 2.75) is 47.5 Å². The van der Waals surface area contributed by atoms with E-state index in [4.69, 9.17) is 4.74 Å². The van der Waals surface area contributed by atoms with Gasteiger partial charge in [-0.2, -0.15) is 0 Å². The van der Waals surface area contributed by atoms with Crippen molar-refractivity contribution in [2.75, 3.05) is 19.7 Å². The fourth-order valence-electron chi connectivity index (χ4n) is 2.32. The highest BCUT2D eigenvalue weighted by Gasteiger charge is 2.22. The molecular formula is C16H29NO3. The van der Waals surface area contributed by atoms with Crippen LogP contribution in [-0.4, -0.2) is 36.5 Å². The topological polar surface area (TPSA) is 46.6 Å². The lowest BCUT2D eigenvalue weighted by atomic mass is 9.84. The van der Waals surface area contributed by atoms with Crippen LogP contribution in [0.3, 0.4) is 0 Å². The van der Waals surface area contributed by atoms with Gasteiger partial charge in [0.05, 0.1) is 6.61 Å². The predicted octanol–water partition coefficient (Wildman–Crippen LogP) is 3.03. The molecule has 0 aliphatic carbocycles. The molecule has 0 rings (SSSR count). The minimum atomic E-state index is -0.369. The first-order valence-corrected chi connectivity index (χ1v) is 7.24. The number of esters is 1. The molecule has 0 saturated heterocycles. The van der Waals surface area contributed by atoms with Gasteiger partial charge in [-0.3, -0.25) is 9.59 Å². The molecule has 0 aromatic carbocycles. The standard InChI is InChI=1S/C16H29NO3/c1-7-9-17(12-15(19)20-8-2)14(18)10-13(3)11-16(4,5)6/h7,13H,1,8-12H2,2-6H3. The van der Waals surface area contributed by atoms with Crippen LogP contribution in [0.2, 0.25) is 0 Å². The summed E-state index contributed by atoms with van der Waals surface area (Å²) in [5.74, 6) is -0.0992. The Morgan fingerprint density at radius 3 is 2.40 bits per heavy atom. The molecule has 0 aromatic heterocycles. The number of ether oxygens (including phenoxy) is 1. The van der Waals surface area contributed by atoms with E-state index in [0.717, 1.165) is 6.42 Å². The smallest absolute Gasteiger partial charge is 0.325 e. The molecule has 20 heavy (non-hydrogen) atoms. The van der Waals surface area contributed by atoms with Crippen LogP contribution in [0, 0.1) is 11.3 Å². The second kappa shape index (κ2) is 8.77. The van der Waals surface area contributed by atoms with Crippen molar-refractivity contribution in [1.29, 1.82) is 0 Å². The first-order valence-electron chi connectivity index (χ1n) is 7.24. The van der Waals surface area contributed by atoms with Crippen molar-refractivity contribution in [1.82, 2.24) is 4.90 Å². The number of nitrogens with zero attached hydrogens (tertiary/aromatic N) is 1. The van der Waals surface area contributed by atoms with E-state index in [1.807, 2.05) is 0 Å². The molecule has 0 N–H and O–H groups in total. The van der Waals surface area contributed by atoms with Crippen LogP contribution in [0.5, 0.6) is 0 Å². The number of amides is 1. The van der Waals surface area contributed by atoms with Gasteiger partial charge in [0.15, 0.2) is 0 Å². The van der Waals surface area contributed by atoms with Crippen molar-refractivity contribution < 1.29 is 14.3 Å². The van der Waals surface area contributed by atoms with Gasteiger partial charge in [0.2, 0.25) is 5.91 Å². The molecule has 116 valence electrons. The van der Waals surface area contributed by atoms with E-state index in [-0.39, 0.29) is 29.8 Å². The number of carbonyl (C=O) groups excluding carboxylic acids is 2. The Morgan fingerprint density at radius 2 is 1.95 bits per heavy atom. The average Bonchev–Trinajstić information content (AvgIpc) is 2.25. The van der Waals surface area contributed by atoms with E-state index in [1.165, 1.54) is 4.90 Å². The fourth-order valence-corrected chi connectivity index (χ4v) is 2.32. The highest BCUT2D eigenvalue weighted by atomic mass is 16.5. The summed E-state index contributed by atoms with van der Waals surface area (Å²) >= 11 is 0. The van der Waals surface area contributed by atoms with Gasteiger partial charge >= 0.3 is 5.97 Å². The second-order valence-electron chi connectivity index (χ2n) is 6.44. The Hall–Kier alpha value is -1.32. The van der Waals surface area contributed by atoms with E-state index in [2.05, 4.69) is 34.3 Å². The molecule has 0 spiro atoms. The minimum Gasteiger partial charge on any atom is -0.465 e. The lowest BCUT2D eigenvalue weighted by molar-refractivity contribution is -0.148. The second-order valence-corrected chi connectivity index (χ2v) is 6.44. The van der Waals surface area contributed by atoms with Crippen LogP contribution >= 0.6 is 0 Å². The monoisotopic (exact) mass is 283 g/mol. The molecule has 0 aliphatic rings. The van der Waals surface area contributed by atoms with E-state index in [9.17, 15) is 9.59 Å². The Bertz CT molecular complexity index is 331. The zero-order chi connectivity index (χ0) is 15.8. The van der Waals surface area contributed by atoms with Gasteiger partial charge in [0.25, 0.3) is 0 Å². The Balaban J connectivity index is 4.48. The third kappa shape index (κ3) is 8.73. The van der Waals surface area contributed by atoms with Crippen LogP contribution < -0.4 is 0 Å². The summed E-state index contributed by atoms with van der Waals surface area (Å²) in [6.07, 6.45) is 3.05. The summed E-state index contributed by atoms with van der Waals surface area (Å²) in [6, 6.07) is 0. The lowest BCUT2D eigenvalue weighted by Gasteiger charge is -2.26. The fraction of sp³-hybridized carbons (Fsp3) is 0.750. The van der Waals surface area contributed by atoms with Crippen molar-refractivity contribution in [3.05, 3.63) is 12.7 Å². The molecule has 0 heterocycles. The van der Waals surface area contributed by atoms with Gasteiger partial charge in [-0.15, -0.1) is 6.58 Å². The molecule has 0 saturated carbocycles. The molecule has 0 aliphatic heterocycles. The zero-order valence-corrected chi connectivity index (χ0v) is 13.6. The molecule has 1 amide bonds. The van der Waals surface area contributed by atoms with Crippen molar-refractivity contribution in [2.24, 2.45) is 11.3 Å². The first kappa shape index (κ1) is 18.7. The van der Waals surface area contributed by atoms with Crippen molar-refractivity contribution in [3.63, 3.8) is 0 Å². The molecule has 0 fully saturated rings. The van der Waals surface area contributed by atoms with Gasteiger partial charge in [-0.25, -0.2) is 0 Å². The zero-order valence-electron chi connectivity index (χ0n) is 13.6. The summed E-state index contributed by atoms with van der Waals surface area (Å²) in [5, 5.41) is 0. The van der Waals surface area contributed by atoms with Crippen molar-refractivity contribution >= 4 is 11.9 Å². The largest absolute Gasteiger partial charge is 0.465 e. The summed E-state index contributed by atoms with van der Waals surface area (Å²) in [5.41, 5.74) is 0.199. The van der Waals surface area contributed by atoms with Crippen LogP contribution in [-0.2, 0) is 14.3 Å². The quantitative estimate of drug-likeness (QED) is 0.508. The average molecular weight is 283 g/mol. The third-order valence-electron chi connectivity index (χ3n) is 2.81. The van der Waals surface area contributed by atoms with Crippen LogP contribution in [0.4, 0.5) is 0 Å². The SMILES string of the molecule is C=CCN(CC(=O)OCC)C(=O)CC(C)CC(C)(C)C. The summed E-state index contributed by atoms with van der Waals surface area (Å²) < 4.78 is 4.89. The van der Waals surface area contributed by atoms with Crippen LogP contribution in [0.25, 0.3) is 0 Å². The molecule has 1 unspecified atom stereocenters. The van der Waals surface area contributed by atoms with E-state index >= 15 is 0 Å². The Labute approximate surface area is 123 Å². The Morgan fingerprint density at radius 1 is 1.35 bits per heavy atom. The van der Waals surface area contributed by atoms with Gasteiger partial charge < -0.3 is 9.64 Å².